The second-order valence-corrected chi connectivity index (χ2v) is 6.01. The van der Waals surface area contributed by atoms with Crippen LogP contribution in [0.2, 0.25) is 0 Å². The highest BCUT2D eigenvalue weighted by Crippen LogP contribution is 2.19. The molecule has 0 radical (unpaired) electrons. The minimum Gasteiger partial charge on any atom is -0.377 e. The van der Waals surface area contributed by atoms with Crippen molar-refractivity contribution in [2.75, 3.05) is 18.9 Å². The van der Waals surface area contributed by atoms with Crippen LogP contribution in [0.4, 0.5) is 0 Å². The first-order chi connectivity index (χ1) is 7.15. The molecule has 1 aliphatic heterocycles. The van der Waals surface area contributed by atoms with Crippen LogP contribution in [0, 0.1) is 0 Å². The van der Waals surface area contributed by atoms with Gasteiger partial charge in [0.1, 0.15) is 0 Å². The van der Waals surface area contributed by atoms with Crippen LogP contribution >= 0.6 is 0 Å². The summed E-state index contributed by atoms with van der Waals surface area (Å²) in [4.78, 5) is 0. The van der Waals surface area contributed by atoms with Crippen LogP contribution in [0.25, 0.3) is 0 Å². The molecule has 4 unspecified atom stereocenters. The quantitative estimate of drug-likeness (QED) is 0.751. The molecular formula is C11H23NO2S. The Hall–Kier alpha value is 0.0700. The minimum absolute atomic E-state index is 0.181. The van der Waals surface area contributed by atoms with E-state index >= 15 is 0 Å². The first-order valence-electron chi connectivity index (χ1n) is 5.87. The number of rotatable bonds is 6. The van der Waals surface area contributed by atoms with E-state index in [2.05, 4.69) is 19.2 Å². The van der Waals surface area contributed by atoms with Crippen LogP contribution in [0.3, 0.4) is 0 Å². The van der Waals surface area contributed by atoms with E-state index in [1.54, 1.807) is 0 Å². The molecule has 0 aromatic carbocycles. The Morgan fingerprint density at radius 1 is 1.60 bits per heavy atom. The third kappa shape index (κ3) is 4.21. The van der Waals surface area contributed by atoms with Gasteiger partial charge in [0, 0.05) is 29.2 Å². The first-order valence-corrected chi connectivity index (χ1v) is 7.25. The van der Waals surface area contributed by atoms with Crippen LogP contribution in [-0.2, 0) is 15.5 Å². The van der Waals surface area contributed by atoms with Crippen molar-refractivity contribution in [3.63, 3.8) is 0 Å². The molecule has 0 bridgehead atoms. The van der Waals surface area contributed by atoms with Gasteiger partial charge in [-0.25, -0.2) is 0 Å². The Bertz CT molecular complexity index is 211. The van der Waals surface area contributed by atoms with E-state index in [-0.39, 0.29) is 11.4 Å². The highest BCUT2D eigenvalue weighted by Gasteiger charge is 2.29. The smallest absolute Gasteiger partial charge is 0.0691 e. The van der Waals surface area contributed by atoms with Crippen molar-refractivity contribution in [3.05, 3.63) is 0 Å². The number of hydrogen-bond acceptors (Lipinski definition) is 3. The summed E-state index contributed by atoms with van der Waals surface area (Å²) in [7, 11) is -0.715. The number of ether oxygens (including phenoxy) is 1. The largest absolute Gasteiger partial charge is 0.377 e. The summed E-state index contributed by atoms with van der Waals surface area (Å²) in [5.41, 5.74) is 0. The fraction of sp³-hybridized carbons (Fsp3) is 1.00. The summed E-state index contributed by atoms with van der Waals surface area (Å²) in [5, 5.41) is 3.60. The van der Waals surface area contributed by atoms with Crippen molar-refractivity contribution in [1.29, 1.82) is 0 Å². The molecule has 90 valence electrons. The van der Waals surface area contributed by atoms with Gasteiger partial charge < -0.3 is 10.1 Å². The molecule has 1 fully saturated rings. The normalized spacial score (nSPS) is 30.3. The first kappa shape index (κ1) is 13.1. The third-order valence-corrected chi connectivity index (χ3v) is 4.88. The lowest BCUT2D eigenvalue weighted by atomic mass is 10.2. The monoisotopic (exact) mass is 233 g/mol. The Morgan fingerprint density at radius 2 is 2.33 bits per heavy atom. The zero-order chi connectivity index (χ0) is 11.3. The van der Waals surface area contributed by atoms with Crippen molar-refractivity contribution in [2.45, 2.75) is 51.0 Å². The Morgan fingerprint density at radius 3 is 2.87 bits per heavy atom. The molecule has 4 atom stereocenters. The molecular weight excluding hydrogens is 210 g/mol. The van der Waals surface area contributed by atoms with Gasteiger partial charge in [0.25, 0.3) is 0 Å². The van der Waals surface area contributed by atoms with Gasteiger partial charge in [-0.2, -0.15) is 0 Å². The standard InChI is InChI=1S/C11H23NO2S/c1-4-12-9(2)6-8-15(13)11-5-7-14-10(11)3/h9-12H,4-8H2,1-3H3. The maximum Gasteiger partial charge on any atom is 0.0691 e. The van der Waals surface area contributed by atoms with Gasteiger partial charge >= 0.3 is 0 Å². The molecule has 1 aliphatic rings. The maximum atomic E-state index is 12.0. The topological polar surface area (TPSA) is 38.3 Å². The zero-order valence-corrected chi connectivity index (χ0v) is 10.8. The molecule has 0 spiro atoms. The van der Waals surface area contributed by atoms with Crippen LogP contribution < -0.4 is 5.32 Å². The van der Waals surface area contributed by atoms with E-state index in [4.69, 9.17) is 4.74 Å². The van der Waals surface area contributed by atoms with E-state index < -0.39 is 10.8 Å². The van der Waals surface area contributed by atoms with Gasteiger partial charge in [0.15, 0.2) is 0 Å². The van der Waals surface area contributed by atoms with Gasteiger partial charge in [0.2, 0.25) is 0 Å². The molecule has 1 heterocycles. The Kier molecular flexibility index (Phi) is 5.79. The molecule has 3 nitrogen and oxygen atoms in total. The van der Waals surface area contributed by atoms with Crippen LogP contribution in [0.5, 0.6) is 0 Å². The Balaban J connectivity index is 2.23. The van der Waals surface area contributed by atoms with Crippen LogP contribution in [0.1, 0.15) is 33.6 Å². The van der Waals surface area contributed by atoms with Gasteiger partial charge in [-0.05, 0) is 33.2 Å². The molecule has 1 rings (SSSR count). The van der Waals surface area contributed by atoms with Gasteiger partial charge in [-0.1, -0.05) is 6.92 Å². The minimum atomic E-state index is -0.715. The summed E-state index contributed by atoms with van der Waals surface area (Å²) in [6, 6.07) is 0.469. The van der Waals surface area contributed by atoms with Gasteiger partial charge in [-0.3, -0.25) is 4.21 Å². The fourth-order valence-corrected chi connectivity index (χ4v) is 3.71. The van der Waals surface area contributed by atoms with Crippen LogP contribution in [-0.4, -0.2) is 40.5 Å². The number of nitrogens with one attached hydrogen (secondary N) is 1. The third-order valence-electron chi connectivity index (χ3n) is 2.95. The second kappa shape index (κ2) is 6.61. The maximum absolute atomic E-state index is 12.0. The van der Waals surface area contributed by atoms with E-state index in [0.29, 0.717) is 6.04 Å². The average molecular weight is 233 g/mol. The summed E-state index contributed by atoms with van der Waals surface area (Å²) in [6.45, 7) is 8.04. The second-order valence-electron chi connectivity index (χ2n) is 4.24. The molecule has 0 aromatic rings. The molecule has 1 saturated heterocycles. The lowest BCUT2D eigenvalue weighted by Gasteiger charge is -2.16. The molecule has 4 heteroatoms. The summed E-state index contributed by atoms with van der Waals surface area (Å²) in [5.74, 6) is 0.798. The fourth-order valence-electron chi connectivity index (χ4n) is 1.95. The number of hydrogen-bond donors (Lipinski definition) is 1. The molecule has 0 amide bonds. The average Bonchev–Trinajstić information content (AvgIpc) is 2.61. The highest BCUT2D eigenvalue weighted by atomic mass is 32.2. The lowest BCUT2D eigenvalue weighted by molar-refractivity contribution is 0.127. The summed E-state index contributed by atoms with van der Waals surface area (Å²) in [6.07, 6.45) is 2.13. The SMILES string of the molecule is CCNC(C)CCS(=O)C1CCOC1C. The van der Waals surface area contributed by atoms with E-state index in [9.17, 15) is 4.21 Å². The van der Waals surface area contributed by atoms with Crippen molar-refractivity contribution in [3.8, 4) is 0 Å². The van der Waals surface area contributed by atoms with Gasteiger partial charge in [-0.15, -0.1) is 0 Å². The predicted molar refractivity (Wildman–Crippen MR) is 64.6 cm³/mol. The Labute approximate surface area is 95.4 Å². The zero-order valence-electron chi connectivity index (χ0n) is 9.99. The van der Waals surface area contributed by atoms with E-state index in [1.165, 1.54) is 0 Å². The molecule has 0 aliphatic carbocycles. The highest BCUT2D eigenvalue weighted by molar-refractivity contribution is 7.85. The molecule has 0 aromatic heterocycles. The van der Waals surface area contributed by atoms with E-state index in [1.807, 2.05) is 6.92 Å². The van der Waals surface area contributed by atoms with Crippen molar-refractivity contribution in [1.82, 2.24) is 5.32 Å². The van der Waals surface area contributed by atoms with Crippen LogP contribution in [0.15, 0.2) is 0 Å². The van der Waals surface area contributed by atoms with Crippen molar-refractivity contribution in [2.24, 2.45) is 0 Å². The summed E-state index contributed by atoms with van der Waals surface area (Å²) < 4.78 is 17.4. The molecule has 1 N–H and O–H groups in total. The lowest BCUT2D eigenvalue weighted by Crippen LogP contribution is -2.30. The van der Waals surface area contributed by atoms with Crippen molar-refractivity contribution >= 4 is 10.8 Å². The van der Waals surface area contributed by atoms with E-state index in [0.717, 1.165) is 31.7 Å². The molecule has 15 heavy (non-hydrogen) atoms. The summed E-state index contributed by atoms with van der Waals surface area (Å²) >= 11 is 0. The van der Waals surface area contributed by atoms with Crippen molar-refractivity contribution < 1.29 is 8.95 Å². The predicted octanol–water partition coefficient (Wildman–Crippen LogP) is 1.30. The molecule has 0 saturated carbocycles. The van der Waals surface area contributed by atoms with Gasteiger partial charge in [0.05, 0.1) is 11.4 Å².